The van der Waals surface area contributed by atoms with Crippen molar-refractivity contribution in [3.05, 3.63) is 60.2 Å². The van der Waals surface area contributed by atoms with Gasteiger partial charge in [-0.3, -0.25) is 9.89 Å². The van der Waals surface area contributed by atoms with Crippen LogP contribution >= 0.6 is 11.8 Å². The summed E-state index contributed by atoms with van der Waals surface area (Å²) in [5, 5.41) is 7.06. The van der Waals surface area contributed by atoms with Crippen molar-refractivity contribution >= 4 is 17.7 Å². The van der Waals surface area contributed by atoms with Gasteiger partial charge in [-0.1, -0.05) is 42.1 Å². The van der Waals surface area contributed by atoms with Gasteiger partial charge in [-0.15, -0.1) is 5.10 Å². The molecule has 0 aliphatic rings. The number of ether oxygens (including phenoxy) is 2. The molecule has 3 aromatic rings. The molecule has 0 bridgehead atoms. The summed E-state index contributed by atoms with van der Waals surface area (Å²) in [6, 6.07) is 16.9. The zero-order valence-electron chi connectivity index (χ0n) is 13.8. The van der Waals surface area contributed by atoms with Gasteiger partial charge in [0.15, 0.2) is 5.82 Å². The van der Waals surface area contributed by atoms with Gasteiger partial charge in [-0.05, 0) is 29.8 Å². The third-order valence-electron chi connectivity index (χ3n) is 3.57. The standard InChI is InChI=1S/C18H17N3O3S/c1-23-14-10-8-13(9-11-14)16-19-18(21-20-16)25-15(17(22)24-2)12-6-4-3-5-7-12/h3-11,15H,1-2H3,(H,19,20,21). The highest BCUT2D eigenvalue weighted by molar-refractivity contribution is 8.00. The summed E-state index contributed by atoms with van der Waals surface area (Å²) >= 11 is 1.24. The van der Waals surface area contributed by atoms with Gasteiger partial charge >= 0.3 is 5.97 Å². The summed E-state index contributed by atoms with van der Waals surface area (Å²) in [6.07, 6.45) is 0. The van der Waals surface area contributed by atoms with Crippen LogP contribution in [0.25, 0.3) is 11.4 Å². The second kappa shape index (κ2) is 7.85. The SMILES string of the molecule is COC(=O)C(Sc1n[nH]c(-c2ccc(OC)cc2)n1)c1ccccc1. The van der Waals surface area contributed by atoms with E-state index < -0.39 is 5.25 Å². The molecule has 0 aliphatic carbocycles. The fourth-order valence-corrected chi connectivity index (χ4v) is 3.21. The Bertz CT molecular complexity index is 834. The van der Waals surface area contributed by atoms with E-state index in [9.17, 15) is 4.79 Å². The van der Waals surface area contributed by atoms with Gasteiger partial charge in [-0.2, -0.15) is 0 Å². The lowest BCUT2D eigenvalue weighted by atomic mass is 10.1. The van der Waals surface area contributed by atoms with Gasteiger partial charge < -0.3 is 9.47 Å². The van der Waals surface area contributed by atoms with Crippen molar-refractivity contribution in [1.82, 2.24) is 15.2 Å². The number of aromatic nitrogens is 3. The van der Waals surface area contributed by atoms with Gasteiger partial charge in [0.2, 0.25) is 5.16 Å². The van der Waals surface area contributed by atoms with Crippen molar-refractivity contribution in [2.24, 2.45) is 0 Å². The van der Waals surface area contributed by atoms with E-state index in [2.05, 4.69) is 15.2 Å². The molecule has 1 unspecified atom stereocenters. The molecular weight excluding hydrogens is 338 g/mol. The highest BCUT2D eigenvalue weighted by Crippen LogP contribution is 2.35. The Labute approximate surface area is 149 Å². The average molecular weight is 355 g/mol. The number of aromatic amines is 1. The minimum atomic E-state index is -0.522. The van der Waals surface area contributed by atoms with Crippen LogP contribution in [0.5, 0.6) is 5.75 Å². The third kappa shape index (κ3) is 4.00. The molecule has 1 N–H and O–H groups in total. The fraction of sp³-hybridized carbons (Fsp3) is 0.167. The van der Waals surface area contributed by atoms with Crippen molar-refractivity contribution in [3.63, 3.8) is 0 Å². The van der Waals surface area contributed by atoms with E-state index in [0.29, 0.717) is 11.0 Å². The van der Waals surface area contributed by atoms with Crippen LogP contribution in [0.3, 0.4) is 0 Å². The fourth-order valence-electron chi connectivity index (χ4n) is 2.27. The molecule has 0 saturated heterocycles. The Balaban J connectivity index is 1.81. The summed E-state index contributed by atoms with van der Waals surface area (Å²) in [4.78, 5) is 16.6. The minimum absolute atomic E-state index is 0.341. The molecule has 3 rings (SSSR count). The molecule has 0 aliphatic heterocycles. The number of thioether (sulfide) groups is 1. The summed E-state index contributed by atoms with van der Waals surface area (Å²) in [5.74, 6) is 1.06. The maximum Gasteiger partial charge on any atom is 0.323 e. The highest BCUT2D eigenvalue weighted by atomic mass is 32.2. The van der Waals surface area contributed by atoms with Crippen LogP contribution < -0.4 is 4.74 Å². The predicted molar refractivity (Wildman–Crippen MR) is 95.4 cm³/mol. The molecule has 128 valence electrons. The van der Waals surface area contributed by atoms with Crippen molar-refractivity contribution in [3.8, 4) is 17.1 Å². The maximum absolute atomic E-state index is 12.1. The van der Waals surface area contributed by atoms with Crippen molar-refractivity contribution in [2.75, 3.05) is 14.2 Å². The lowest BCUT2D eigenvalue weighted by Gasteiger charge is -2.12. The molecule has 1 heterocycles. The predicted octanol–water partition coefficient (Wildman–Crippen LogP) is 3.49. The first kappa shape index (κ1) is 17.0. The van der Waals surface area contributed by atoms with E-state index in [4.69, 9.17) is 9.47 Å². The van der Waals surface area contributed by atoms with Crippen LogP contribution in [-0.4, -0.2) is 35.4 Å². The second-order valence-corrected chi connectivity index (χ2v) is 6.20. The lowest BCUT2D eigenvalue weighted by Crippen LogP contribution is -2.11. The van der Waals surface area contributed by atoms with Gasteiger partial charge in [-0.25, -0.2) is 4.98 Å². The van der Waals surface area contributed by atoms with Gasteiger partial charge in [0.25, 0.3) is 0 Å². The van der Waals surface area contributed by atoms with Crippen LogP contribution in [0.1, 0.15) is 10.8 Å². The smallest absolute Gasteiger partial charge is 0.323 e. The monoisotopic (exact) mass is 355 g/mol. The van der Waals surface area contributed by atoms with E-state index >= 15 is 0 Å². The zero-order chi connectivity index (χ0) is 17.6. The van der Waals surface area contributed by atoms with E-state index in [1.165, 1.54) is 18.9 Å². The summed E-state index contributed by atoms with van der Waals surface area (Å²) in [7, 11) is 2.99. The summed E-state index contributed by atoms with van der Waals surface area (Å²) in [5.41, 5.74) is 1.73. The summed E-state index contributed by atoms with van der Waals surface area (Å²) in [6.45, 7) is 0. The van der Waals surface area contributed by atoms with Crippen molar-refractivity contribution in [2.45, 2.75) is 10.4 Å². The first-order chi connectivity index (χ1) is 12.2. The molecular formula is C18H17N3O3S. The average Bonchev–Trinajstić information content (AvgIpc) is 3.15. The van der Waals surface area contributed by atoms with Gasteiger partial charge in [0.05, 0.1) is 14.2 Å². The molecule has 0 fully saturated rings. The Morgan fingerprint density at radius 3 is 2.44 bits per heavy atom. The molecule has 1 aromatic heterocycles. The number of benzene rings is 2. The van der Waals surface area contributed by atoms with Crippen molar-refractivity contribution < 1.29 is 14.3 Å². The third-order valence-corrected chi connectivity index (χ3v) is 4.66. The normalized spacial score (nSPS) is 11.8. The van der Waals surface area contributed by atoms with Crippen LogP contribution in [-0.2, 0) is 9.53 Å². The maximum atomic E-state index is 12.1. The molecule has 2 aromatic carbocycles. The Morgan fingerprint density at radius 2 is 1.80 bits per heavy atom. The Hall–Kier alpha value is -2.80. The van der Waals surface area contributed by atoms with Gasteiger partial charge in [0, 0.05) is 5.56 Å². The minimum Gasteiger partial charge on any atom is -0.497 e. The number of hydrogen-bond donors (Lipinski definition) is 1. The van der Waals surface area contributed by atoms with Crippen LogP contribution in [0, 0.1) is 0 Å². The highest BCUT2D eigenvalue weighted by Gasteiger charge is 2.24. The Morgan fingerprint density at radius 1 is 1.08 bits per heavy atom. The van der Waals surface area contributed by atoms with Gasteiger partial charge in [0.1, 0.15) is 11.0 Å². The van der Waals surface area contributed by atoms with E-state index in [-0.39, 0.29) is 5.97 Å². The number of carbonyl (C=O) groups excluding carboxylic acids is 1. The molecule has 0 radical (unpaired) electrons. The molecule has 1 atom stereocenters. The number of rotatable bonds is 6. The molecule has 7 heteroatoms. The number of nitrogens with zero attached hydrogens (tertiary/aromatic N) is 2. The Kier molecular flexibility index (Phi) is 5.35. The largest absolute Gasteiger partial charge is 0.497 e. The lowest BCUT2D eigenvalue weighted by molar-refractivity contribution is -0.140. The number of carbonyl (C=O) groups is 1. The number of esters is 1. The van der Waals surface area contributed by atoms with Crippen LogP contribution in [0.2, 0.25) is 0 Å². The molecule has 6 nitrogen and oxygen atoms in total. The molecule has 0 spiro atoms. The van der Waals surface area contributed by atoms with Crippen LogP contribution in [0.4, 0.5) is 0 Å². The zero-order valence-corrected chi connectivity index (χ0v) is 14.6. The van der Waals surface area contributed by atoms with Crippen molar-refractivity contribution in [1.29, 1.82) is 0 Å². The van der Waals surface area contributed by atoms with E-state index in [1.54, 1.807) is 7.11 Å². The van der Waals surface area contributed by atoms with E-state index in [1.807, 2.05) is 54.6 Å². The molecule has 25 heavy (non-hydrogen) atoms. The quantitative estimate of drug-likeness (QED) is 0.539. The molecule has 0 saturated carbocycles. The second-order valence-electron chi connectivity index (χ2n) is 5.13. The first-order valence-electron chi connectivity index (χ1n) is 7.57. The number of methoxy groups -OCH3 is 2. The summed E-state index contributed by atoms with van der Waals surface area (Å²) < 4.78 is 10.1. The first-order valence-corrected chi connectivity index (χ1v) is 8.45. The van der Waals surface area contributed by atoms with E-state index in [0.717, 1.165) is 16.9 Å². The van der Waals surface area contributed by atoms with Crippen LogP contribution in [0.15, 0.2) is 59.8 Å². The number of H-pyrrole nitrogens is 1. The molecule has 0 amide bonds. The topological polar surface area (TPSA) is 77.1 Å². The number of hydrogen-bond acceptors (Lipinski definition) is 6. The number of nitrogens with one attached hydrogen (secondary N) is 1.